The topological polar surface area (TPSA) is 58.6 Å². The largest absolute Gasteiger partial charge is 0.495 e. The number of halogens is 1. The van der Waals surface area contributed by atoms with Gasteiger partial charge in [-0.1, -0.05) is 23.2 Å². The molecule has 0 aliphatic rings. The third-order valence-electron chi connectivity index (χ3n) is 2.84. The standard InChI is InChI=1S/C15H14ClNO3/c1-9-3-6-13(11(7-9)15(18)19)17-10-4-5-12(16)14(8-10)20-2/h3-8,17H,1-2H3,(H,18,19). The van der Waals surface area contributed by atoms with E-state index in [1.165, 1.54) is 7.11 Å². The summed E-state index contributed by atoms with van der Waals surface area (Å²) >= 11 is 5.95. The van der Waals surface area contributed by atoms with E-state index >= 15 is 0 Å². The molecule has 0 aromatic heterocycles. The van der Waals surface area contributed by atoms with Gasteiger partial charge in [-0.2, -0.15) is 0 Å². The van der Waals surface area contributed by atoms with Gasteiger partial charge in [0, 0.05) is 11.8 Å². The zero-order chi connectivity index (χ0) is 14.7. The second-order valence-electron chi connectivity index (χ2n) is 4.33. The quantitative estimate of drug-likeness (QED) is 0.890. The molecule has 104 valence electrons. The molecule has 4 nitrogen and oxygen atoms in total. The second kappa shape index (κ2) is 5.84. The lowest BCUT2D eigenvalue weighted by atomic mass is 10.1. The smallest absolute Gasteiger partial charge is 0.337 e. The number of aromatic carboxylic acids is 1. The van der Waals surface area contributed by atoms with Gasteiger partial charge in [-0.25, -0.2) is 4.79 Å². The normalized spacial score (nSPS) is 10.2. The number of carbonyl (C=O) groups is 1. The van der Waals surface area contributed by atoms with Crippen molar-refractivity contribution in [2.24, 2.45) is 0 Å². The Morgan fingerprint density at radius 1 is 1.25 bits per heavy atom. The van der Waals surface area contributed by atoms with Crippen molar-refractivity contribution in [3.8, 4) is 5.75 Å². The van der Waals surface area contributed by atoms with Gasteiger partial charge in [0.05, 0.1) is 23.4 Å². The molecule has 0 saturated carbocycles. The molecular weight excluding hydrogens is 278 g/mol. The fraction of sp³-hybridized carbons (Fsp3) is 0.133. The van der Waals surface area contributed by atoms with E-state index in [-0.39, 0.29) is 5.56 Å². The first-order valence-electron chi connectivity index (χ1n) is 5.96. The first-order chi connectivity index (χ1) is 9.51. The van der Waals surface area contributed by atoms with Crippen molar-refractivity contribution < 1.29 is 14.6 Å². The van der Waals surface area contributed by atoms with Crippen LogP contribution in [0.4, 0.5) is 11.4 Å². The van der Waals surface area contributed by atoms with Crippen LogP contribution in [0, 0.1) is 6.92 Å². The van der Waals surface area contributed by atoms with Crippen LogP contribution in [-0.4, -0.2) is 18.2 Å². The summed E-state index contributed by atoms with van der Waals surface area (Å²) in [5, 5.41) is 12.8. The molecule has 2 N–H and O–H groups in total. The molecule has 20 heavy (non-hydrogen) atoms. The van der Waals surface area contributed by atoms with Crippen molar-refractivity contribution in [2.75, 3.05) is 12.4 Å². The van der Waals surface area contributed by atoms with Crippen molar-refractivity contribution in [2.45, 2.75) is 6.92 Å². The molecule has 0 unspecified atom stereocenters. The highest BCUT2D eigenvalue weighted by atomic mass is 35.5. The lowest BCUT2D eigenvalue weighted by molar-refractivity contribution is 0.0698. The Hall–Kier alpha value is -2.20. The number of methoxy groups -OCH3 is 1. The van der Waals surface area contributed by atoms with Crippen molar-refractivity contribution in [1.29, 1.82) is 0 Å². The van der Waals surface area contributed by atoms with Crippen LogP contribution in [0.3, 0.4) is 0 Å². The van der Waals surface area contributed by atoms with Gasteiger partial charge in [0.15, 0.2) is 0 Å². The highest BCUT2D eigenvalue weighted by Crippen LogP contribution is 2.30. The monoisotopic (exact) mass is 291 g/mol. The summed E-state index contributed by atoms with van der Waals surface area (Å²) in [7, 11) is 1.53. The van der Waals surface area contributed by atoms with Gasteiger partial charge in [-0.15, -0.1) is 0 Å². The van der Waals surface area contributed by atoms with Gasteiger partial charge in [-0.3, -0.25) is 0 Å². The molecule has 0 atom stereocenters. The van der Waals surface area contributed by atoms with Gasteiger partial charge in [0.1, 0.15) is 5.75 Å². The predicted octanol–water partition coefficient (Wildman–Crippen LogP) is 4.10. The fourth-order valence-corrected chi connectivity index (χ4v) is 2.03. The van der Waals surface area contributed by atoms with Gasteiger partial charge >= 0.3 is 5.97 Å². The maximum Gasteiger partial charge on any atom is 0.337 e. The van der Waals surface area contributed by atoms with E-state index < -0.39 is 5.97 Å². The Labute approximate surface area is 122 Å². The Bertz CT molecular complexity index is 656. The van der Waals surface area contributed by atoms with E-state index in [4.69, 9.17) is 16.3 Å². The summed E-state index contributed by atoms with van der Waals surface area (Å²) in [6, 6.07) is 10.4. The highest BCUT2D eigenvalue weighted by molar-refractivity contribution is 6.32. The van der Waals surface area contributed by atoms with Crippen LogP contribution in [0.25, 0.3) is 0 Å². The van der Waals surface area contributed by atoms with E-state index in [0.717, 1.165) is 5.56 Å². The van der Waals surface area contributed by atoms with Crippen LogP contribution < -0.4 is 10.1 Å². The summed E-state index contributed by atoms with van der Waals surface area (Å²) in [5.74, 6) is -0.446. The third-order valence-corrected chi connectivity index (χ3v) is 3.15. The van der Waals surface area contributed by atoms with Crippen LogP contribution in [0.15, 0.2) is 36.4 Å². The Morgan fingerprint density at radius 2 is 2.00 bits per heavy atom. The van der Waals surface area contributed by atoms with E-state index in [1.54, 1.807) is 30.3 Å². The predicted molar refractivity (Wildman–Crippen MR) is 79.4 cm³/mol. The highest BCUT2D eigenvalue weighted by Gasteiger charge is 2.11. The molecule has 2 aromatic carbocycles. The Morgan fingerprint density at radius 3 is 2.65 bits per heavy atom. The van der Waals surface area contributed by atoms with Crippen molar-refractivity contribution in [3.63, 3.8) is 0 Å². The number of carboxylic acid groups (broad SMARTS) is 1. The number of hydrogen-bond donors (Lipinski definition) is 2. The first-order valence-corrected chi connectivity index (χ1v) is 6.33. The lowest BCUT2D eigenvalue weighted by Crippen LogP contribution is -2.03. The number of ether oxygens (including phenoxy) is 1. The molecular formula is C15H14ClNO3. The minimum atomic E-state index is -0.975. The Balaban J connectivity index is 2.37. The third kappa shape index (κ3) is 3.03. The van der Waals surface area contributed by atoms with Gasteiger partial charge in [-0.05, 0) is 31.2 Å². The van der Waals surface area contributed by atoms with E-state index in [0.29, 0.717) is 22.1 Å². The van der Waals surface area contributed by atoms with E-state index in [1.807, 2.05) is 13.0 Å². The SMILES string of the molecule is COc1cc(Nc2ccc(C)cc2C(=O)O)ccc1Cl. The summed E-state index contributed by atoms with van der Waals surface area (Å²) in [5.41, 5.74) is 2.34. The molecule has 0 aliphatic heterocycles. The lowest BCUT2D eigenvalue weighted by Gasteiger charge is -2.12. The van der Waals surface area contributed by atoms with Crippen LogP contribution in [0.1, 0.15) is 15.9 Å². The second-order valence-corrected chi connectivity index (χ2v) is 4.74. The molecule has 0 spiro atoms. The van der Waals surface area contributed by atoms with E-state index in [9.17, 15) is 9.90 Å². The summed E-state index contributed by atoms with van der Waals surface area (Å²) in [6.07, 6.45) is 0. The zero-order valence-electron chi connectivity index (χ0n) is 11.1. The van der Waals surface area contributed by atoms with Crippen LogP contribution in [-0.2, 0) is 0 Å². The van der Waals surface area contributed by atoms with Gasteiger partial charge < -0.3 is 15.2 Å². The average Bonchev–Trinajstić information content (AvgIpc) is 2.42. The van der Waals surface area contributed by atoms with E-state index in [2.05, 4.69) is 5.32 Å². The molecule has 0 saturated heterocycles. The molecule has 0 amide bonds. The molecule has 0 fully saturated rings. The fourth-order valence-electron chi connectivity index (χ4n) is 1.84. The number of nitrogens with one attached hydrogen (secondary N) is 1. The average molecular weight is 292 g/mol. The molecule has 0 radical (unpaired) electrons. The minimum absolute atomic E-state index is 0.221. The summed E-state index contributed by atoms with van der Waals surface area (Å²) in [4.78, 5) is 11.3. The van der Waals surface area contributed by atoms with Crippen LogP contribution >= 0.6 is 11.6 Å². The zero-order valence-corrected chi connectivity index (χ0v) is 11.9. The van der Waals surface area contributed by atoms with Crippen LogP contribution in [0.2, 0.25) is 5.02 Å². The number of benzene rings is 2. The van der Waals surface area contributed by atoms with Crippen molar-refractivity contribution >= 4 is 28.9 Å². The van der Waals surface area contributed by atoms with Gasteiger partial charge in [0.2, 0.25) is 0 Å². The number of anilines is 2. The van der Waals surface area contributed by atoms with Crippen LogP contribution in [0.5, 0.6) is 5.75 Å². The molecule has 5 heteroatoms. The molecule has 2 rings (SSSR count). The number of rotatable bonds is 4. The molecule has 0 bridgehead atoms. The molecule has 2 aromatic rings. The number of hydrogen-bond acceptors (Lipinski definition) is 3. The summed E-state index contributed by atoms with van der Waals surface area (Å²) in [6.45, 7) is 1.85. The number of aryl methyl sites for hydroxylation is 1. The maximum atomic E-state index is 11.3. The maximum absolute atomic E-state index is 11.3. The van der Waals surface area contributed by atoms with Crippen molar-refractivity contribution in [3.05, 3.63) is 52.5 Å². The molecule has 0 aliphatic carbocycles. The summed E-state index contributed by atoms with van der Waals surface area (Å²) < 4.78 is 5.13. The first kappa shape index (κ1) is 14.2. The minimum Gasteiger partial charge on any atom is -0.495 e. The van der Waals surface area contributed by atoms with Gasteiger partial charge in [0.25, 0.3) is 0 Å². The number of carboxylic acids is 1. The molecule has 0 heterocycles. The Kier molecular flexibility index (Phi) is 4.15. The van der Waals surface area contributed by atoms with Crippen molar-refractivity contribution in [1.82, 2.24) is 0 Å².